The van der Waals surface area contributed by atoms with Gasteiger partial charge >= 0.3 is 0 Å². The summed E-state index contributed by atoms with van der Waals surface area (Å²) in [5.74, 6) is 0.802. The molecule has 0 aliphatic carbocycles. The number of benzene rings is 1. The minimum Gasteiger partial charge on any atom is -0.484 e. The van der Waals surface area contributed by atoms with Crippen LogP contribution in [0, 0.1) is 13.8 Å². The highest BCUT2D eigenvalue weighted by atomic mass is 35.5. The second kappa shape index (κ2) is 11.2. The Hall–Kier alpha value is -1.01. The molecule has 2 saturated heterocycles. The predicted octanol–water partition coefficient (Wildman–Crippen LogP) is 3.86. The van der Waals surface area contributed by atoms with Gasteiger partial charge in [0.05, 0.1) is 13.2 Å². The van der Waals surface area contributed by atoms with E-state index in [1.807, 2.05) is 30.9 Å². The van der Waals surface area contributed by atoms with Crippen molar-refractivity contribution >= 4 is 29.9 Å². The van der Waals surface area contributed by atoms with E-state index in [1.165, 1.54) is 6.42 Å². The van der Waals surface area contributed by atoms with Gasteiger partial charge in [-0.1, -0.05) is 11.6 Å². The molecule has 0 saturated carbocycles. The van der Waals surface area contributed by atoms with Crippen molar-refractivity contribution in [2.75, 3.05) is 46.0 Å². The van der Waals surface area contributed by atoms with Gasteiger partial charge in [-0.05, 0) is 62.8 Å². The topological polar surface area (TPSA) is 42.0 Å². The number of morpholine rings is 1. The molecule has 2 aliphatic heterocycles. The zero-order chi connectivity index (χ0) is 19.2. The standard InChI is InChI=1S/C21H31ClN2O3.ClH/c1-16-13-19(14-17(2)21(16)22)27-15-20(25)24-7-4-3-5-18(24)6-8-23-9-11-26-12-10-23;/h13-14,18H,3-12,15H2,1-2H3;1H. The Morgan fingerprint density at radius 3 is 2.54 bits per heavy atom. The summed E-state index contributed by atoms with van der Waals surface area (Å²) in [6.07, 6.45) is 4.41. The molecule has 2 fully saturated rings. The molecule has 0 bridgehead atoms. The van der Waals surface area contributed by atoms with Crippen LogP contribution in [0.3, 0.4) is 0 Å². The maximum atomic E-state index is 12.8. The molecule has 3 rings (SSSR count). The molecule has 1 aromatic rings. The van der Waals surface area contributed by atoms with Crippen LogP contribution < -0.4 is 4.74 Å². The maximum Gasteiger partial charge on any atom is 0.260 e. The van der Waals surface area contributed by atoms with Gasteiger partial charge in [0.15, 0.2) is 6.61 Å². The van der Waals surface area contributed by atoms with Crippen LogP contribution in [0.5, 0.6) is 5.75 Å². The van der Waals surface area contributed by atoms with Gasteiger partial charge in [0, 0.05) is 37.2 Å². The maximum absolute atomic E-state index is 12.8. The second-order valence-corrected chi connectivity index (χ2v) is 8.02. The summed E-state index contributed by atoms with van der Waals surface area (Å²) in [5.41, 5.74) is 1.95. The van der Waals surface area contributed by atoms with Crippen LogP contribution in [0.2, 0.25) is 5.02 Å². The highest BCUT2D eigenvalue weighted by molar-refractivity contribution is 6.32. The van der Waals surface area contributed by atoms with Crippen LogP contribution in [0.1, 0.15) is 36.8 Å². The fraction of sp³-hybridized carbons (Fsp3) is 0.667. The lowest BCUT2D eigenvalue weighted by atomic mass is 9.99. The number of amides is 1. The van der Waals surface area contributed by atoms with Crippen molar-refractivity contribution in [2.45, 2.75) is 45.6 Å². The highest BCUT2D eigenvalue weighted by Gasteiger charge is 2.27. The van der Waals surface area contributed by atoms with Crippen molar-refractivity contribution in [3.63, 3.8) is 0 Å². The van der Waals surface area contributed by atoms with E-state index in [0.717, 1.165) is 74.8 Å². The van der Waals surface area contributed by atoms with E-state index in [2.05, 4.69) is 4.90 Å². The first-order chi connectivity index (χ1) is 13.0. The molecule has 2 aliphatic rings. The smallest absolute Gasteiger partial charge is 0.260 e. The summed E-state index contributed by atoms with van der Waals surface area (Å²) in [7, 11) is 0. The first-order valence-electron chi connectivity index (χ1n) is 10.0. The van der Waals surface area contributed by atoms with Crippen LogP contribution >= 0.6 is 24.0 Å². The molecule has 5 nitrogen and oxygen atoms in total. The van der Waals surface area contributed by atoms with E-state index >= 15 is 0 Å². The van der Waals surface area contributed by atoms with E-state index in [9.17, 15) is 4.79 Å². The van der Waals surface area contributed by atoms with Crippen molar-refractivity contribution in [1.29, 1.82) is 0 Å². The van der Waals surface area contributed by atoms with Crippen LogP contribution in [0.4, 0.5) is 0 Å². The molecule has 1 unspecified atom stereocenters. The molecule has 7 heteroatoms. The van der Waals surface area contributed by atoms with Crippen molar-refractivity contribution in [1.82, 2.24) is 9.80 Å². The average molecular weight is 431 g/mol. The predicted molar refractivity (Wildman–Crippen MR) is 115 cm³/mol. The van der Waals surface area contributed by atoms with Crippen LogP contribution in [0.15, 0.2) is 12.1 Å². The number of piperidine rings is 1. The third-order valence-electron chi connectivity index (χ3n) is 5.60. The van der Waals surface area contributed by atoms with Gasteiger partial charge < -0.3 is 14.4 Å². The summed E-state index contributed by atoms with van der Waals surface area (Å²) in [4.78, 5) is 17.3. The molecule has 0 N–H and O–H groups in total. The molecule has 1 aromatic carbocycles. The van der Waals surface area contributed by atoms with E-state index < -0.39 is 0 Å². The normalized spacial score (nSPS) is 20.5. The lowest BCUT2D eigenvalue weighted by Crippen LogP contribution is -2.47. The van der Waals surface area contributed by atoms with Gasteiger partial charge in [-0.3, -0.25) is 9.69 Å². The third-order valence-corrected chi connectivity index (χ3v) is 6.20. The van der Waals surface area contributed by atoms with Gasteiger partial charge in [0.2, 0.25) is 0 Å². The largest absolute Gasteiger partial charge is 0.484 e. The highest BCUT2D eigenvalue weighted by Crippen LogP contribution is 2.26. The molecule has 1 amide bonds. The number of halogens is 2. The SMILES string of the molecule is Cc1cc(OCC(=O)N2CCCCC2CCN2CCOCC2)cc(C)c1Cl.Cl. The molecule has 158 valence electrons. The fourth-order valence-electron chi connectivity index (χ4n) is 4.00. The van der Waals surface area contributed by atoms with Crippen LogP contribution in [0.25, 0.3) is 0 Å². The van der Waals surface area contributed by atoms with E-state index in [1.54, 1.807) is 0 Å². The number of rotatable bonds is 6. The summed E-state index contributed by atoms with van der Waals surface area (Å²) >= 11 is 6.21. The number of hydrogen-bond acceptors (Lipinski definition) is 4. The van der Waals surface area contributed by atoms with Crippen molar-refractivity contribution < 1.29 is 14.3 Å². The Bertz CT molecular complexity index is 628. The number of hydrogen-bond donors (Lipinski definition) is 0. The summed E-state index contributed by atoms with van der Waals surface area (Å²) in [5, 5.41) is 0.757. The zero-order valence-electron chi connectivity index (χ0n) is 16.9. The Balaban J connectivity index is 0.00000280. The van der Waals surface area contributed by atoms with E-state index in [4.69, 9.17) is 21.1 Å². The Morgan fingerprint density at radius 1 is 1.18 bits per heavy atom. The van der Waals surface area contributed by atoms with Gasteiger partial charge in [0.25, 0.3) is 5.91 Å². The van der Waals surface area contributed by atoms with E-state index in [-0.39, 0.29) is 24.9 Å². The second-order valence-electron chi connectivity index (χ2n) is 7.64. The monoisotopic (exact) mass is 430 g/mol. The molecule has 2 heterocycles. The average Bonchev–Trinajstić information content (AvgIpc) is 2.69. The first-order valence-corrected chi connectivity index (χ1v) is 10.4. The Labute approximate surface area is 179 Å². The van der Waals surface area contributed by atoms with Crippen molar-refractivity contribution in [3.8, 4) is 5.75 Å². The molecule has 1 atom stereocenters. The number of carbonyl (C=O) groups excluding carboxylic acids is 1. The van der Waals surface area contributed by atoms with Crippen LogP contribution in [-0.4, -0.2) is 67.7 Å². The van der Waals surface area contributed by atoms with Crippen molar-refractivity contribution in [2.24, 2.45) is 0 Å². The van der Waals surface area contributed by atoms with Gasteiger partial charge in [-0.2, -0.15) is 0 Å². The number of aryl methyl sites for hydroxylation is 2. The Morgan fingerprint density at radius 2 is 1.86 bits per heavy atom. The number of likely N-dealkylation sites (tertiary alicyclic amines) is 1. The molecule has 0 aromatic heterocycles. The molecule has 0 spiro atoms. The van der Waals surface area contributed by atoms with Crippen molar-refractivity contribution in [3.05, 3.63) is 28.3 Å². The molecule has 28 heavy (non-hydrogen) atoms. The lowest BCUT2D eigenvalue weighted by Gasteiger charge is -2.37. The molecular weight excluding hydrogens is 399 g/mol. The minimum atomic E-state index is 0. The van der Waals surface area contributed by atoms with Gasteiger partial charge in [-0.25, -0.2) is 0 Å². The Kier molecular flexibility index (Phi) is 9.35. The lowest BCUT2D eigenvalue weighted by molar-refractivity contribution is -0.137. The first kappa shape index (κ1) is 23.3. The number of ether oxygens (including phenoxy) is 2. The van der Waals surface area contributed by atoms with Crippen LogP contribution in [-0.2, 0) is 9.53 Å². The minimum absolute atomic E-state index is 0. The number of nitrogens with zero attached hydrogens (tertiary/aromatic N) is 2. The fourth-order valence-corrected chi connectivity index (χ4v) is 4.11. The summed E-state index contributed by atoms with van der Waals surface area (Å²) < 4.78 is 11.2. The molecular formula is C21H32Cl2N2O3. The third kappa shape index (κ3) is 6.24. The summed E-state index contributed by atoms with van der Waals surface area (Å²) in [6.45, 7) is 9.52. The van der Waals surface area contributed by atoms with E-state index in [0.29, 0.717) is 11.8 Å². The molecule has 0 radical (unpaired) electrons. The van der Waals surface area contributed by atoms with Gasteiger partial charge in [0.1, 0.15) is 5.75 Å². The zero-order valence-corrected chi connectivity index (χ0v) is 18.5. The van der Waals surface area contributed by atoms with Gasteiger partial charge in [-0.15, -0.1) is 12.4 Å². The summed E-state index contributed by atoms with van der Waals surface area (Å²) in [6, 6.07) is 4.12. The number of carbonyl (C=O) groups is 1. The quantitative estimate of drug-likeness (QED) is 0.686.